The summed E-state index contributed by atoms with van der Waals surface area (Å²) in [7, 11) is 0. The molecule has 3 rings (SSSR count). The van der Waals surface area contributed by atoms with Crippen LogP contribution >= 0.6 is 0 Å². The molecular weight excluding hydrogens is 349 g/mol. The van der Waals surface area contributed by atoms with Crippen LogP contribution in [0.25, 0.3) is 10.8 Å². The highest BCUT2D eigenvalue weighted by Gasteiger charge is 2.15. The highest BCUT2D eigenvalue weighted by Crippen LogP contribution is 2.21. The number of amides is 3. The van der Waals surface area contributed by atoms with Crippen LogP contribution < -0.4 is 20.9 Å². The van der Waals surface area contributed by atoms with Crippen LogP contribution in [0.3, 0.4) is 0 Å². The van der Waals surface area contributed by atoms with E-state index in [1.165, 1.54) is 24.3 Å². The number of ether oxygens (including phenoxy) is 1. The van der Waals surface area contributed by atoms with E-state index in [1.807, 2.05) is 36.4 Å². The van der Waals surface area contributed by atoms with E-state index < -0.39 is 23.9 Å². The second-order valence-corrected chi connectivity index (χ2v) is 5.84. The zero-order valence-electron chi connectivity index (χ0n) is 14.5. The van der Waals surface area contributed by atoms with Crippen molar-refractivity contribution >= 4 is 28.4 Å². The van der Waals surface area contributed by atoms with Crippen LogP contribution in [0, 0.1) is 5.82 Å². The van der Waals surface area contributed by atoms with E-state index in [1.54, 1.807) is 13.0 Å². The molecule has 3 N–H and O–H groups in total. The standard InChI is InChI=1S/C20H18FN3O3/c1-13(27-18-11-6-14-4-2-3-5-15(14)12-18)19(25)23-24-20(26)22-17-9-7-16(21)8-10-17/h2-13H,1H3,(H,23,25)(H2,22,24,26). The van der Waals surface area contributed by atoms with Gasteiger partial charge in [-0.15, -0.1) is 0 Å². The summed E-state index contributed by atoms with van der Waals surface area (Å²) in [6, 6.07) is 17.9. The van der Waals surface area contributed by atoms with Gasteiger partial charge in [0.2, 0.25) is 0 Å². The monoisotopic (exact) mass is 367 g/mol. The van der Waals surface area contributed by atoms with Gasteiger partial charge in [-0.1, -0.05) is 30.3 Å². The van der Waals surface area contributed by atoms with Crippen LogP contribution in [-0.2, 0) is 4.79 Å². The lowest BCUT2D eigenvalue weighted by Crippen LogP contribution is -2.48. The van der Waals surface area contributed by atoms with E-state index >= 15 is 0 Å². The molecule has 0 radical (unpaired) electrons. The number of carbonyl (C=O) groups excluding carboxylic acids is 2. The number of hydrogen-bond donors (Lipinski definition) is 3. The van der Waals surface area contributed by atoms with E-state index in [0.29, 0.717) is 11.4 Å². The molecule has 7 heteroatoms. The summed E-state index contributed by atoms with van der Waals surface area (Å²) < 4.78 is 18.5. The lowest BCUT2D eigenvalue weighted by Gasteiger charge is -2.16. The third kappa shape index (κ3) is 4.94. The number of hydrazine groups is 1. The summed E-state index contributed by atoms with van der Waals surface area (Å²) in [5.41, 5.74) is 4.88. The first-order valence-electron chi connectivity index (χ1n) is 8.29. The van der Waals surface area contributed by atoms with Crippen molar-refractivity contribution < 1.29 is 18.7 Å². The van der Waals surface area contributed by atoms with Crippen LogP contribution in [0.5, 0.6) is 5.75 Å². The Morgan fingerprint density at radius 1 is 0.926 bits per heavy atom. The third-order valence-electron chi connectivity index (χ3n) is 3.80. The number of benzene rings is 3. The van der Waals surface area contributed by atoms with Gasteiger partial charge in [0.05, 0.1) is 0 Å². The minimum absolute atomic E-state index is 0.392. The Hall–Kier alpha value is -3.61. The predicted molar refractivity (Wildman–Crippen MR) is 101 cm³/mol. The Balaban J connectivity index is 1.50. The Bertz CT molecular complexity index is 960. The van der Waals surface area contributed by atoms with Gasteiger partial charge in [-0.2, -0.15) is 0 Å². The second-order valence-electron chi connectivity index (χ2n) is 5.84. The average molecular weight is 367 g/mol. The molecule has 0 fully saturated rings. The number of nitrogens with one attached hydrogen (secondary N) is 3. The molecular formula is C20H18FN3O3. The van der Waals surface area contributed by atoms with Gasteiger partial charge in [-0.3, -0.25) is 10.2 Å². The molecule has 0 aliphatic carbocycles. The number of urea groups is 1. The minimum Gasteiger partial charge on any atom is -0.481 e. The Kier molecular flexibility index (Phi) is 5.51. The smallest absolute Gasteiger partial charge is 0.337 e. The first-order chi connectivity index (χ1) is 13.0. The summed E-state index contributed by atoms with van der Waals surface area (Å²) in [6.07, 6.45) is -0.822. The van der Waals surface area contributed by atoms with Gasteiger partial charge < -0.3 is 10.1 Å². The zero-order valence-corrected chi connectivity index (χ0v) is 14.5. The number of carbonyl (C=O) groups is 2. The lowest BCUT2D eigenvalue weighted by atomic mass is 10.1. The molecule has 0 aromatic heterocycles. The van der Waals surface area contributed by atoms with Crippen molar-refractivity contribution in [1.29, 1.82) is 0 Å². The van der Waals surface area contributed by atoms with Gasteiger partial charge in [0.15, 0.2) is 6.10 Å². The van der Waals surface area contributed by atoms with Crippen LogP contribution in [0.2, 0.25) is 0 Å². The maximum Gasteiger partial charge on any atom is 0.337 e. The van der Waals surface area contributed by atoms with Gasteiger partial charge in [-0.05, 0) is 54.1 Å². The van der Waals surface area contributed by atoms with E-state index in [4.69, 9.17) is 4.74 Å². The summed E-state index contributed by atoms with van der Waals surface area (Å²) in [6.45, 7) is 1.57. The summed E-state index contributed by atoms with van der Waals surface area (Å²) >= 11 is 0. The van der Waals surface area contributed by atoms with Crippen molar-refractivity contribution in [1.82, 2.24) is 10.9 Å². The van der Waals surface area contributed by atoms with Crippen molar-refractivity contribution in [2.45, 2.75) is 13.0 Å². The number of hydrogen-bond acceptors (Lipinski definition) is 3. The number of rotatable bonds is 4. The van der Waals surface area contributed by atoms with Gasteiger partial charge >= 0.3 is 6.03 Å². The molecule has 3 aromatic rings. The highest BCUT2D eigenvalue weighted by atomic mass is 19.1. The predicted octanol–water partition coefficient (Wildman–Crippen LogP) is 3.60. The number of anilines is 1. The highest BCUT2D eigenvalue weighted by molar-refractivity contribution is 5.91. The van der Waals surface area contributed by atoms with Gasteiger partial charge in [0.25, 0.3) is 5.91 Å². The lowest BCUT2D eigenvalue weighted by molar-refractivity contribution is -0.127. The summed E-state index contributed by atoms with van der Waals surface area (Å²) in [5.74, 6) is -0.376. The maximum absolute atomic E-state index is 12.8. The molecule has 0 bridgehead atoms. The quantitative estimate of drug-likeness (QED) is 0.617. The van der Waals surface area contributed by atoms with Gasteiger partial charge in [-0.25, -0.2) is 14.6 Å². The molecule has 0 aliphatic rings. The Morgan fingerprint density at radius 2 is 1.63 bits per heavy atom. The molecule has 138 valence electrons. The summed E-state index contributed by atoms with van der Waals surface area (Å²) in [5, 5.41) is 4.53. The Labute approximate surface area is 155 Å². The largest absolute Gasteiger partial charge is 0.481 e. The number of fused-ring (bicyclic) bond motifs is 1. The van der Waals surface area contributed by atoms with Crippen molar-refractivity contribution in [3.05, 3.63) is 72.5 Å². The second kappa shape index (κ2) is 8.18. The van der Waals surface area contributed by atoms with Crippen molar-refractivity contribution in [2.75, 3.05) is 5.32 Å². The molecule has 0 saturated carbocycles. The fourth-order valence-corrected chi connectivity index (χ4v) is 2.41. The molecule has 3 amide bonds. The molecule has 0 aliphatic heterocycles. The van der Waals surface area contributed by atoms with E-state index in [2.05, 4.69) is 16.2 Å². The van der Waals surface area contributed by atoms with E-state index in [-0.39, 0.29) is 0 Å². The van der Waals surface area contributed by atoms with E-state index in [9.17, 15) is 14.0 Å². The van der Waals surface area contributed by atoms with Crippen molar-refractivity contribution in [3.8, 4) is 5.75 Å². The fraction of sp³-hybridized carbons (Fsp3) is 0.100. The van der Waals surface area contributed by atoms with Crippen LogP contribution in [0.4, 0.5) is 14.9 Å². The van der Waals surface area contributed by atoms with Crippen molar-refractivity contribution in [3.63, 3.8) is 0 Å². The molecule has 1 unspecified atom stereocenters. The van der Waals surface area contributed by atoms with Crippen LogP contribution in [0.15, 0.2) is 66.7 Å². The van der Waals surface area contributed by atoms with Crippen LogP contribution in [-0.4, -0.2) is 18.0 Å². The molecule has 0 saturated heterocycles. The zero-order chi connectivity index (χ0) is 19.2. The molecule has 6 nitrogen and oxygen atoms in total. The average Bonchev–Trinajstić information content (AvgIpc) is 2.67. The first kappa shape index (κ1) is 18.2. The SMILES string of the molecule is CC(Oc1ccc2ccccc2c1)C(=O)NNC(=O)Nc1ccc(F)cc1. The first-order valence-corrected chi connectivity index (χ1v) is 8.29. The molecule has 27 heavy (non-hydrogen) atoms. The molecule has 0 spiro atoms. The van der Waals surface area contributed by atoms with Gasteiger partial charge in [0, 0.05) is 5.69 Å². The fourth-order valence-electron chi connectivity index (χ4n) is 2.41. The number of halogens is 1. The van der Waals surface area contributed by atoms with E-state index in [0.717, 1.165) is 10.8 Å². The minimum atomic E-state index is -0.822. The molecule has 1 atom stereocenters. The van der Waals surface area contributed by atoms with Crippen LogP contribution in [0.1, 0.15) is 6.92 Å². The maximum atomic E-state index is 12.8. The molecule has 0 heterocycles. The van der Waals surface area contributed by atoms with Gasteiger partial charge in [0.1, 0.15) is 11.6 Å². The van der Waals surface area contributed by atoms with Crippen molar-refractivity contribution in [2.24, 2.45) is 0 Å². The summed E-state index contributed by atoms with van der Waals surface area (Å²) in [4.78, 5) is 23.8. The Morgan fingerprint density at radius 3 is 2.37 bits per heavy atom. The topological polar surface area (TPSA) is 79.5 Å². The molecule has 3 aromatic carbocycles. The third-order valence-corrected chi connectivity index (χ3v) is 3.80. The normalized spacial score (nSPS) is 11.5.